The van der Waals surface area contributed by atoms with Crippen LogP contribution >= 0.6 is 0 Å². The van der Waals surface area contributed by atoms with Crippen LogP contribution in [-0.4, -0.2) is 31.1 Å². The van der Waals surface area contributed by atoms with Crippen LogP contribution in [0.2, 0.25) is 0 Å². The number of amides is 1. The van der Waals surface area contributed by atoms with Gasteiger partial charge in [0.1, 0.15) is 5.58 Å². The fourth-order valence-corrected chi connectivity index (χ4v) is 4.61. The second-order valence-corrected chi connectivity index (χ2v) is 9.50. The zero-order valence-corrected chi connectivity index (χ0v) is 20.9. The first-order chi connectivity index (χ1) is 16.3. The number of aryl methyl sites for hydroxylation is 2. The second-order valence-electron chi connectivity index (χ2n) is 9.50. The van der Waals surface area contributed by atoms with Crippen LogP contribution in [0.5, 0.6) is 11.5 Å². The van der Waals surface area contributed by atoms with Crippen molar-refractivity contribution in [1.82, 2.24) is 4.90 Å². The lowest BCUT2D eigenvalue weighted by molar-refractivity contribution is 0.0725. The molecular weight excluding hydrogens is 430 g/mol. The van der Waals surface area contributed by atoms with Crippen molar-refractivity contribution in [1.29, 1.82) is 0 Å². The number of ether oxygens (including phenoxy) is 2. The number of carbonyl (C=O) groups excluding carboxylic acids is 1. The van der Waals surface area contributed by atoms with Crippen LogP contribution in [0.15, 0.2) is 39.5 Å². The van der Waals surface area contributed by atoms with Crippen LogP contribution in [0.25, 0.3) is 11.0 Å². The zero-order chi connectivity index (χ0) is 24.6. The van der Waals surface area contributed by atoms with E-state index in [1.807, 2.05) is 44.2 Å². The predicted octanol–water partition coefficient (Wildman–Crippen LogP) is 5.80. The van der Waals surface area contributed by atoms with E-state index >= 15 is 0 Å². The van der Waals surface area contributed by atoms with Crippen molar-refractivity contribution in [3.05, 3.63) is 68.6 Å². The molecule has 0 saturated carbocycles. The van der Waals surface area contributed by atoms with Gasteiger partial charge in [-0.3, -0.25) is 9.59 Å². The maximum Gasteiger partial charge on any atom is 0.290 e. The van der Waals surface area contributed by atoms with Gasteiger partial charge in [-0.25, -0.2) is 0 Å². The third kappa shape index (κ3) is 4.17. The molecule has 0 N–H and O–H groups in total. The minimum absolute atomic E-state index is 0.143. The summed E-state index contributed by atoms with van der Waals surface area (Å²) in [5.74, 6) is 1.49. The number of rotatable bonds is 8. The average molecular weight is 464 g/mol. The molecule has 2 heterocycles. The van der Waals surface area contributed by atoms with Gasteiger partial charge in [-0.05, 0) is 61.1 Å². The van der Waals surface area contributed by atoms with E-state index in [1.54, 1.807) is 12.0 Å². The Hall–Kier alpha value is -3.28. The molecule has 0 aliphatic carbocycles. The van der Waals surface area contributed by atoms with E-state index < -0.39 is 6.04 Å². The molecule has 6 heteroatoms. The van der Waals surface area contributed by atoms with Crippen LogP contribution in [0.4, 0.5) is 0 Å². The first-order valence-electron chi connectivity index (χ1n) is 12.0. The first kappa shape index (κ1) is 23.9. The molecule has 1 aliphatic rings. The molecule has 6 nitrogen and oxygen atoms in total. The van der Waals surface area contributed by atoms with Crippen LogP contribution in [0, 0.1) is 19.8 Å². The molecule has 1 aliphatic heterocycles. The summed E-state index contributed by atoms with van der Waals surface area (Å²) in [6, 6.07) is 8.90. The fraction of sp³-hybridized carbons (Fsp3) is 0.429. The van der Waals surface area contributed by atoms with E-state index in [0.29, 0.717) is 47.1 Å². The minimum atomic E-state index is -0.538. The maximum atomic E-state index is 13.8. The molecule has 1 unspecified atom stereocenters. The fourth-order valence-electron chi connectivity index (χ4n) is 4.61. The molecule has 180 valence electrons. The Morgan fingerprint density at radius 2 is 1.85 bits per heavy atom. The highest BCUT2D eigenvalue weighted by Crippen LogP contribution is 2.41. The van der Waals surface area contributed by atoms with Crippen molar-refractivity contribution in [3.8, 4) is 11.5 Å². The van der Waals surface area contributed by atoms with Crippen molar-refractivity contribution in [3.63, 3.8) is 0 Å². The summed E-state index contributed by atoms with van der Waals surface area (Å²) in [4.78, 5) is 29.0. The van der Waals surface area contributed by atoms with Gasteiger partial charge in [-0.1, -0.05) is 39.3 Å². The maximum absolute atomic E-state index is 13.8. The van der Waals surface area contributed by atoms with Crippen LogP contribution < -0.4 is 14.9 Å². The number of unbranched alkanes of at least 4 members (excludes halogenated alkanes) is 1. The summed E-state index contributed by atoms with van der Waals surface area (Å²) in [6.07, 6.45) is 1.76. The highest BCUT2D eigenvalue weighted by atomic mass is 16.5. The molecule has 1 amide bonds. The summed E-state index contributed by atoms with van der Waals surface area (Å²) in [5.41, 5.74) is 3.35. The molecule has 0 saturated heterocycles. The third-order valence-corrected chi connectivity index (χ3v) is 6.23. The molecule has 4 rings (SSSR count). The molecule has 2 aromatic carbocycles. The highest BCUT2D eigenvalue weighted by molar-refractivity contribution is 5.99. The number of methoxy groups -OCH3 is 1. The number of hydrogen-bond donors (Lipinski definition) is 0. The standard InChI is InChI=1S/C28H33NO5/c1-7-8-11-29-24(19-9-10-21(22(14-19)32-6)33-15-16(2)3)23-25(30)20-13-17(4)12-18(5)26(20)34-27(23)28(29)31/h9-10,12-14,16,24H,7-8,11,15H2,1-6H3. The summed E-state index contributed by atoms with van der Waals surface area (Å²) in [5, 5.41) is 0.509. The number of benzene rings is 2. The van der Waals surface area contributed by atoms with Crippen molar-refractivity contribution in [2.45, 2.75) is 53.5 Å². The Bertz CT molecular complexity index is 1290. The second kappa shape index (κ2) is 9.53. The molecule has 0 spiro atoms. The smallest absolute Gasteiger partial charge is 0.290 e. The van der Waals surface area contributed by atoms with Gasteiger partial charge >= 0.3 is 0 Å². The first-order valence-corrected chi connectivity index (χ1v) is 12.0. The van der Waals surface area contributed by atoms with E-state index in [0.717, 1.165) is 29.5 Å². The normalized spacial score (nSPS) is 15.3. The third-order valence-electron chi connectivity index (χ3n) is 6.23. The molecule has 34 heavy (non-hydrogen) atoms. The Balaban J connectivity index is 1.90. The summed E-state index contributed by atoms with van der Waals surface area (Å²) in [7, 11) is 1.59. The van der Waals surface area contributed by atoms with E-state index in [2.05, 4.69) is 20.8 Å². The molecule has 0 fully saturated rings. The average Bonchev–Trinajstić information content (AvgIpc) is 3.08. The monoisotopic (exact) mass is 463 g/mol. The Morgan fingerprint density at radius 3 is 2.53 bits per heavy atom. The largest absolute Gasteiger partial charge is 0.493 e. The molecule has 1 atom stereocenters. The SMILES string of the molecule is CCCCN1C(=O)c2oc3c(C)cc(C)cc3c(=O)c2C1c1ccc(OCC(C)C)c(OC)c1. The van der Waals surface area contributed by atoms with Gasteiger partial charge < -0.3 is 18.8 Å². The summed E-state index contributed by atoms with van der Waals surface area (Å²) in [6.45, 7) is 11.2. The van der Waals surface area contributed by atoms with Gasteiger partial charge in [-0.15, -0.1) is 0 Å². The molecular formula is C28H33NO5. The van der Waals surface area contributed by atoms with Crippen molar-refractivity contribution >= 4 is 16.9 Å². The van der Waals surface area contributed by atoms with Gasteiger partial charge in [0.15, 0.2) is 16.9 Å². The van der Waals surface area contributed by atoms with E-state index in [9.17, 15) is 9.59 Å². The van der Waals surface area contributed by atoms with E-state index in [4.69, 9.17) is 13.9 Å². The van der Waals surface area contributed by atoms with Crippen LogP contribution in [0.3, 0.4) is 0 Å². The minimum Gasteiger partial charge on any atom is -0.493 e. The van der Waals surface area contributed by atoms with Gasteiger partial charge in [0.25, 0.3) is 5.91 Å². The number of fused-ring (bicyclic) bond motifs is 2. The van der Waals surface area contributed by atoms with Crippen molar-refractivity contribution in [2.75, 3.05) is 20.3 Å². The molecule has 0 bridgehead atoms. The van der Waals surface area contributed by atoms with Gasteiger partial charge in [-0.2, -0.15) is 0 Å². The van der Waals surface area contributed by atoms with Gasteiger partial charge in [0.05, 0.1) is 30.7 Å². The molecule has 0 radical (unpaired) electrons. The van der Waals surface area contributed by atoms with Crippen LogP contribution in [-0.2, 0) is 0 Å². The molecule has 3 aromatic rings. The number of nitrogens with zero attached hydrogens (tertiary/aromatic N) is 1. The van der Waals surface area contributed by atoms with Gasteiger partial charge in [0, 0.05) is 6.54 Å². The summed E-state index contributed by atoms with van der Waals surface area (Å²) < 4.78 is 17.7. The number of hydrogen-bond acceptors (Lipinski definition) is 5. The summed E-state index contributed by atoms with van der Waals surface area (Å²) >= 11 is 0. The predicted molar refractivity (Wildman–Crippen MR) is 133 cm³/mol. The quantitative estimate of drug-likeness (QED) is 0.422. The van der Waals surface area contributed by atoms with E-state index in [1.165, 1.54) is 0 Å². The Labute approximate surface area is 200 Å². The van der Waals surface area contributed by atoms with Crippen molar-refractivity contribution in [2.24, 2.45) is 5.92 Å². The lowest BCUT2D eigenvalue weighted by Gasteiger charge is -2.25. The Kier molecular flexibility index (Phi) is 6.69. The lowest BCUT2D eigenvalue weighted by Crippen LogP contribution is -2.30. The van der Waals surface area contributed by atoms with E-state index in [-0.39, 0.29) is 17.1 Å². The molecule has 1 aromatic heterocycles. The van der Waals surface area contributed by atoms with Gasteiger partial charge in [0.2, 0.25) is 5.76 Å². The number of carbonyl (C=O) groups is 1. The lowest BCUT2D eigenvalue weighted by atomic mass is 9.97. The zero-order valence-electron chi connectivity index (χ0n) is 20.9. The Morgan fingerprint density at radius 1 is 1.09 bits per heavy atom. The highest BCUT2D eigenvalue weighted by Gasteiger charge is 2.42. The topological polar surface area (TPSA) is 69.0 Å². The van der Waals surface area contributed by atoms with Crippen molar-refractivity contribution < 1.29 is 18.7 Å². The van der Waals surface area contributed by atoms with Crippen LogP contribution in [0.1, 0.15) is 72.5 Å².